The number of pyridine rings is 1. The van der Waals surface area contributed by atoms with E-state index in [9.17, 15) is 4.79 Å². The molecule has 4 aromatic rings. The topological polar surface area (TPSA) is 88.8 Å². The fraction of sp³-hybridized carbons (Fsp3) is 0.190. The summed E-state index contributed by atoms with van der Waals surface area (Å²) in [5.41, 5.74) is 3.24. The first-order chi connectivity index (χ1) is 13.9. The maximum absolute atomic E-state index is 12.6. The molecule has 0 fully saturated rings. The number of imidazole rings is 1. The zero-order valence-corrected chi connectivity index (χ0v) is 16.7. The summed E-state index contributed by atoms with van der Waals surface area (Å²) >= 11 is 0. The number of hydrogen-bond donors (Lipinski definition) is 1. The van der Waals surface area contributed by atoms with Crippen LogP contribution in [0, 0.1) is 6.92 Å². The Kier molecular flexibility index (Phi) is 4.67. The Bertz CT molecular complexity index is 1210. The molecule has 0 atom stereocenters. The van der Waals surface area contributed by atoms with Crippen molar-refractivity contribution in [2.75, 3.05) is 24.3 Å². The van der Waals surface area contributed by atoms with Gasteiger partial charge in [-0.25, -0.2) is 19.9 Å². The highest BCUT2D eigenvalue weighted by Crippen LogP contribution is 2.24. The minimum Gasteiger partial charge on any atom is -0.363 e. The molecule has 0 bridgehead atoms. The summed E-state index contributed by atoms with van der Waals surface area (Å²) in [4.78, 5) is 31.8. The molecule has 1 N–H and O–H groups in total. The van der Waals surface area contributed by atoms with Crippen molar-refractivity contribution in [2.24, 2.45) is 7.05 Å². The second kappa shape index (κ2) is 7.31. The van der Waals surface area contributed by atoms with Crippen molar-refractivity contribution >= 4 is 28.6 Å². The van der Waals surface area contributed by atoms with E-state index in [4.69, 9.17) is 0 Å². The minimum absolute atomic E-state index is 0.254. The highest BCUT2D eigenvalue weighted by atomic mass is 16.1. The van der Waals surface area contributed by atoms with Crippen LogP contribution in [0.3, 0.4) is 0 Å². The Hall–Kier alpha value is -3.81. The number of aryl methyl sites for hydroxylation is 1. The Balaban J connectivity index is 1.63. The van der Waals surface area contributed by atoms with Gasteiger partial charge in [0.1, 0.15) is 11.6 Å². The van der Waals surface area contributed by atoms with Crippen LogP contribution >= 0.6 is 0 Å². The summed E-state index contributed by atoms with van der Waals surface area (Å²) < 4.78 is 2.02. The third kappa shape index (κ3) is 3.64. The van der Waals surface area contributed by atoms with Crippen molar-refractivity contribution in [3.05, 3.63) is 60.3 Å². The first kappa shape index (κ1) is 18.5. The van der Waals surface area contributed by atoms with Gasteiger partial charge in [0.25, 0.3) is 5.91 Å². The Labute approximate surface area is 168 Å². The van der Waals surface area contributed by atoms with E-state index in [0.717, 1.165) is 28.0 Å². The van der Waals surface area contributed by atoms with E-state index in [1.54, 1.807) is 24.5 Å². The molecule has 29 heavy (non-hydrogen) atoms. The molecule has 0 spiro atoms. The number of benzene rings is 1. The summed E-state index contributed by atoms with van der Waals surface area (Å²) in [5.74, 6) is 1.61. The molecule has 4 rings (SSSR count). The van der Waals surface area contributed by atoms with Gasteiger partial charge in [-0.3, -0.25) is 10.1 Å². The van der Waals surface area contributed by atoms with E-state index in [0.29, 0.717) is 11.4 Å². The standard InChI is InChI=1S/C21H21N7O/c1-13-23-12-18(28(13)4)14-5-6-16-11-24-21(25-17(16)9-14)26-20(29)15-7-8-22-19(10-15)27(2)3/h5-12H,1-4H3,(H,24,25,26,29). The van der Waals surface area contributed by atoms with Crippen LogP contribution in [0.5, 0.6) is 0 Å². The molecule has 0 aliphatic rings. The van der Waals surface area contributed by atoms with E-state index in [2.05, 4.69) is 25.3 Å². The fourth-order valence-corrected chi connectivity index (χ4v) is 2.99. The first-order valence-corrected chi connectivity index (χ1v) is 9.12. The lowest BCUT2D eigenvalue weighted by Gasteiger charge is -2.12. The first-order valence-electron chi connectivity index (χ1n) is 9.12. The van der Waals surface area contributed by atoms with Gasteiger partial charge in [-0.2, -0.15) is 0 Å². The van der Waals surface area contributed by atoms with Crippen molar-refractivity contribution in [1.82, 2.24) is 24.5 Å². The van der Waals surface area contributed by atoms with Gasteiger partial charge in [0.15, 0.2) is 0 Å². The number of amides is 1. The molecule has 146 valence electrons. The summed E-state index contributed by atoms with van der Waals surface area (Å²) in [7, 11) is 5.72. The summed E-state index contributed by atoms with van der Waals surface area (Å²) in [5, 5.41) is 3.66. The van der Waals surface area contributed by atoms with Crippen molar-refractivity contribution in [3.63, 3.8) is 0 Å². The van der Waals surface area contributed by atoms with Gasteiger partial charge in [0, 0.05) is 50.0 Å². The van der Waals surface area contributed by atoms with Crippen LogP contribution in [-0.4, -0.2) is 44.5 Å². The number of carbonyl (C=O) groups excluding carboxylic acids is 1. The predicted molar refractivity (Wildman–Crippen MR) is 113 cm³/mol. The Morgan fingerprint density at radius 2 is 1.90 bits per heavy atom. The van der Waals surface area contributed by atoms with Crippen LogP contribution in [0.15, 0.2) is 48.9 Å². The van der Waals surface area contributed by atoms with E-state index >= 15 is 0 Å². The number of hydrogen-bond acceptors (Lipinski definition) is 6. The van der Waals surface area contributed by atoms with E-state index in [-0.39, 0.29) is 11.9 Å². The average molecular weight is 387 g/mol. The molecule has 0 saturated heterocycles. The van der Waals surface area contributed by atoms with Crippen molar-refractivity contribution in [1.29, 1.82) is 0 Å². The normalized spacial score (nSPS) is 10.9. The third-order valence-electron chi connectivity index (χ3n) is 4.79. The van der Waals surface area contributed by atoms with Gasteiger partial charge in [0.2, 0.25) is 5.95 Å². The van der Waals surface area contributed by atoms with Crippen molar-refractivity contribution in [2.45, 2.75) is 6.92 Å². The zero-order valence-electron chi connectivity index (χ0n) is 16.7. The maximum atomic E-state index is 12.6. The van der Waals surface area contributed by atoms with Crippen LogP contribution in [0.25, 0.3) is 22.2 Å². The van der Waals surface area contributed by atoms with Crippen LogP contribution in [0.4, 0.5) is 11.8 Å². The molecule has 8 nitrogen and oxygen atoms in total. The molecular weight excluding hydrogens is 366 g/mol. The molecule has 3 heterocycles. The lowest BCUT2D eigenvalue weighted by molar-refractivity contribution is 0.102. The SMILES string of the molecule is Cc1ncc(-c2ccc3cnc(NC(=O)c4ccnc(N(C)C)c4)nc3c2)n1C. The van der Waals surface area contributed by atoms with Crippen LogP contribution in [-0.2, 0) is 7.05 Å². The smallest absolute Gasteiger partial charge is 0.258 e. The van der Waals surface area contributed by atoms with Crippen LogP contribution in [0.2, 0.25) is 0 Å². The number of aromatic nitrogens is 5. The van der Waals surface area contributed by atoms with Gasteiger partial charge in [-0.1, -0.05) is 12.1 Å². The lowest BCUT2D eigenvalue weighted by atomic mass is 10.1. The fourth-order valence-electron chi connectivity index (χ4n) is 2.99. The lowest BCUT2D eigenvalue weighted by Crippen LogP contribution is -2.16. The van der Waals surface area contributed by atoms with Gasteiger partial charge in [-0.15, -0.1) is 0 Å². The van der Waals surface area contributed by atoms with Crippen molar-refractivity contribution in [3.8, 4) is 11.3 Å². The summed E-state index contributed by atoms with van der Waals surface area (Å²) in [6, 6.07) is 9.33. The van der Waals surface area contributed by atoms with Crippen LogP contribution < -0.4 is 10.2 Å². The second-order valence-electron chi connectivity index (χ2n) is 6.97. The summed E-state index contributed by atoms with van der Waals surface area (Å²) in [6.45, 7) is 1.96. The second-order valence-corrected chi connectivity index (χ2v) is 6.97. The van der Waals surface area contributed by atoms with E-state index in [1.165, 1.54) is 0 Å². The Morgan fingerprint density at radius 3 is 2.62 bits per heavy atom. The molecule has 0 radical (unpaired) electrons. The number of nitrogens with one attached hydrogen (secondary N) is 1. The highest BCUT2D eigenvalue weighted by Gasteiger charge is 2.12. The van der Waals surface area contributed by atoms with Gasteiger partial charge < -0.3 is 9.47 Å². The quantitative estimate of drug-likeness (QED) is 0.579. The maximum Gasteiger partial charge on any atom is 0.258 e. The molecule has 0 unspecified atom stereocenters. The third-order valence-corrected chi connectivity index (χ3v) is 4.79. The van der Waals surface area contributed by atoms with Gasteiger partial charge >= 0.3 is 0 Å². The zero-order chi connectivity index (χ0) is 20.5. The molecule has 1 amide bonds. The molecule has 0 aliphatic heterocycles. The van der Waals surface area contributed by atoms with E-state index in [1.807, 2.05) is 61.9 Å². The average Bonchev–Trinajstić information content (AvgIpc) is 3.06. The minimum atomic E-state index is -0.284. The number of carbonyl (C=O) groups is 1. The van der Waals surface area contributed by atoms with Gasteiger partial charge in [-0.05, 0) is 25.1 Å². The largest absolute Gasteiger partial charge is 0.363 e. The number of nitrogens with zero attached hydrogens (tertiary/aromatic N) is 6. The monoisotopic (exact) mass is 387 g/mol. The summed E-state index contributed by atoms with van der Waals surface area (Å²) in [6.07, 6.45) is 5.15. The highest BCUT2D eigenvalue weighted by molar-refractivity contribution is 6.04. The molecular formula is C21H21N7O. The molecule has 3 aromatic heterocycles. The Morgan fingerprint density at radius 1 is 1.07 bits per heavy atom. The van der Waals surface area contributed by atoms with Crippen LogP contribution in [0.1, 0.15) is 16.2 Å². The predicted octanol–water partition coefficient (Wildman–Crippen LogP) is 3.05. The molecule has 8 heteroatoms. The van der Waals surface area contributed by atoms with Gasteiger partial charge in [0.05, 0.1) is 17.4 Å². The number of fused-ring (bicyclic) bond motifs is 1. The molecule has 1 aromatic carbocycles. The molecule has 0 aliphatic carbocycles. The number of rotatable bonds is 4. The van der Waals surface area contributed by atoms with Crippen molar-refractivity contribution < 1.29 is 4.79 Å². The number of anilines is 2. The molecule has 0 saturated carbocycles. The van der Waals surface area contributed by atoms with E-state index < -0.39 is 0 Å².